The molecule has 0 bridgehead atoms. The van der Waals surface area contributed by atoms with Crippen molar-refractivity contribution in [3.8, 4) is 0 Å². The van der Waals surface area contributed by atoms with Crippen molar-refractivity contribution < 1.29 is 14.0 Å². The summed E-state index contributed by atoms with van der Waals surface area (Å²) in [5, 5.41) is 6.43. The molecule has 5 nitrogen and oxygen atoms in total. The highest BCUT2D eigenvalue weighted by Crippen LogP contribution is 2.35. The van der Waals surface area contributed by atoms with Gasteiger partial charge in [0.05, 0.1) is 0 Å². The predicted molar refractivity (Wildman–Crippen MR) is 96.7 cm³/mol. The second-order valence-electron chi connectivity index (χ2n) is 6.39. The average molecular weight is 334 g/mol. The summed E-state index contributed by atoms with van der Waals surface area (Å²) < 4.78 is 5.73. The third-order valence-electron chi connectivity index (χ3n) is 4.31. The quantitative estimate of drug-likeness (QED) is 0.745. The molecule has 1 aliphatic carbocycles. The summed E-state index contributed by atoms with van der Waals surface area (Å²) in [6.45, 7) is 1.98. The van der Waals surface area contributed by atoms with Gasteiger partial charge in [0.25, 0.3) is 5.91 Å². The maximum Gasteiger partial charge on any atom is 0.293 e. The Morgan fingerprint density at radius 2 is 1.72 bits per heavy atom. The zero-order valence-corrected chi connectivity index (χ0v) is 13.8. The summed E-state index contributed by atoms with van der Waals surface area (Å²) in [6, 6.07) is 14.8. The number of nitrogens with one attached hydrogen (secondary N) is 2. The van der Waals surface area contributed by atoms with Crippen LogP contribution in [0.3, 0.4) is 0 Å². The van der Waals surface area contributed by atoms with E-state index in [9.17, 15) is 9.59 Å². The van der Waals surface area contributed by atoms with Crippen molar-refractivity contribution in [1.29, 1.82) is 0 Å². The molecule has 0 spiro atoms. The van der Waals surface area contributed by atoms with Gasteiger partial charge in [0.2, 0.25) is 11.7 Å². The topological polar surface area (TPSA) is 71.3 Å². The number of para-hydroxylation sites is 1. The van der Waals surface area contributed by atoms with Gasteiger partial charge in [-0.05, 0) is 44.0 Å². The van der Waals surface area contributed by atoms with E-state index < -0.39 is 0 Å². The fourth-order valence-electron chi connectivity index (χ4n) is 2.72. The molecule has 1 aliphatic rings. The number of amides is 2. The van der Waals surface area contributed by atoms with Crippen LogP contribution < -0.4 is 10.6 Å². The van der Waals surface area contributed by atoms with Crippen LogP contribution in [0, 0.1) is 12.8 Å². The average Bonchev–Trinajstić information content (AvgIpc) is 3.40. The van der Waals surface area contributed by atoms with Gasteiger partial charge in [-0.3, -0.25) is 9.59 Å². The molecule has 5 heteroatoms. The Balaban J connectivity index is 1.68. The summed E-state index contributed by atoms with van der Waals surface area (Å²) in [5.74, 6) is -0.278. The molecule has 2 aromatic carbocycles. The van der Waals surface area contributed by atoms with Crippen LogP contribution in [-0.4, -0.2) is 11.8 Å². The molecule has 2 N–H and O–H groups in total. The Labute approximate surface area is 145 Å². The van der Waals surface area contributed by atoms with E-state index in [1.165, 1.54) is 0 Å². The van der Waals surface area contributed by atoms with Crippen LogP contribution in [0.25, 0.3) is 11.0 Å². The molecule has 1 heterocycles. The van der Waals surface area contributed by atoms with Crippen LogP contribution >= 0.6 is 0 Å². The van der Waals surface area contributed by atoms with Gasteiger partial charge in [-0.1, -0.05) is 29.8 Å². The highest BCUT2D eigenvalue weighted by atomic mass is 16.3. The molecule has 0 saturated heterocycles. The standard InChI is InChI=1S/C20H18N2O3/c1-12-6-10-14(11-7-12)21-20(24)18-17(22-19(23)13-8-9-13)15-4-2-3-5-16(15)25-18/h2-7,10-11,13H,8-9H2,1H3,(H,21,24)(H,22,23). The zero-order chi connectivity index (χ0) is 17.4. The zero-order valence-electron chi connectivity index (χ0n) is 13.8. The lowest BCUT2D eigenvalue weighted by molar-refractivity contribution is -0.117. The van der Waals surface area contributed by atoms with Crippen LogP contribution in [0.15, 0.2) is 52.9 Å². The van der Waals surface area contributed by atoms with E-state index in [0.29, 0.717) is 17.0 Å². The number of rotatable bonds is 4. The third-order valence-corrected chi connectivity index (χ3v) is 4.31. The van der Waals surface area contributed by atoms with Crippen molar-refractivity contribution in [2.75, 3.05) is 10.6 Å². The SMILES string of the molecule is Cc1ccc(NC(=O)c2oc3ccccc3c2NC(=O)C2CC2)cc1. The third kappa shape index (κ3) is 3.13. The Bertz CT molecular complexity index is 953. The van der Waals surface area contributed by atoms with Crippen molar-refractivity contribution in [2.45, 2.75) is 19.8 Å². The van der Waals surface area contributed by atoms with Gasteiger partial charge in [-0.25, -0.2) is 0 Å². The molecular weight excluding hydrogens is 316 g/mol. The number of hydrogen-bond donors (Lipinski definition) is 2. The Morgan fingerprint density at radius 1 is 1.00 bits per heavy atom. The summed E-state index contributed by atoms with van der Waals surface area (Å²) in [5.41, 5.74) is 2.80. The predicted octanol–water partition coefficient (Wildman–Crippen LogP) is 4.34. The second-order valence-corrected chi connectivity index (χ2v) is 6.39. The van der Waals surface area contributed by atoms with E-state index >= 15 is 0 Å². The van der Waals surface area contributed by atoms with Gasteiger partial charge >= 0.3 is 0 Å². The molecule has 3 aromatic rings. The lowest BCUT2D eigenvalue weighted by Crippen LogP contribution is -2.18. The van der Waals surface area contributed by atoms with E-state index in [0.717, 1.165) is 23.8 Å². The molecule has 1 aromatic heterocycles. The number of anilines is 2. The van der Waals surface area contributed by atoms with Crippen LogP contribution in [0.2, 0.25) is 0 Å². The van der Waals surface area contributed by atoms with Crippen LogP contribution in [0.4, 0.5) is 11.4 Å². The molecular formula is C20H18N2O3. The van der Waals surface area contributed by atoms with Crippen LogP contribution in [0.5, 0.6) is 0 Å². The molecule has 0 atom stereocenters. The minimum absolute atomic E-state index is 0.0432. The van der Waals surface area contributed by atoms with E-state index in [1.807, 2.05) is 49.4 Å². The van der Waals surface area contributed by atoms with E-state index in [2.05, 4.69) is 10.6 Å². The molecule has 126 valence electrons. The van der Waals surface area contributed by atoms with Crippen molar-refractivity contribution >= 4 is 34.2 Å². The van der Waals surface area contributed by atoms with Crippen molar-refractivity contribution in [3.05, 3.63) is 59.9 Å². The molecule has 2 amide bonds. The van der Waals surface area contributed by atoms with E-state index in [4.69, 9.17) is 4.42 Å². The first-order valence-electron chi connectivity index (χ1n) is 8.32. The minimum Gasteiger partial charge on any atom is -0.449 e. The molecule has 25 heavy (non-hydrogen) atoms. The first-order chi connectivity index (χ1) is 12.1. The number of furan rings is 1. The maximum atomic E-state index is 12.7. The van der Waals surface area contributed by atoms with Gasteiger partial charge in [0, 0.05) is 17.0 Å². The fourth-order valence-corrected chi connectivity index (χ4v) is 2.72. The number of benzene rings is 2. The molecule has 1 fully saturated rings. The smallest absolute Gasteiger partial charge is 0.293 e. The molecule has 4 rings (SSSR count). The largest absolute Gasteiger partial charge is 0.449 e. The summed E-state index contributed by atoms with van der Waals surface area (Å²) >= 11 is 0. The number of aryl methyl sites for hydroxylation is 1. The number of carbonyl (C=O) groups is 2. The number of fused-ring (bicyclic) bond motifs is 1. The van der Waals surface area contributed by atoms with Crippen molar-refractivity contribution in [3.63, 3.8) is 0 Å². The monoisotopic (exact) mass is 334 g/mol. The van der Waals surface area contributed by atoms with E-state index in [-0.39, 0.29) is 23.5 Å². The van der Waals surface area contributed by atoms with Crippen LogP contribution in [-0.2, 0) is 4.79 Å². The fraction of sp³-hybridized carbons (Fsp3) is 0.200. The van der Waals surface area contributed by atoms with Gasteiger partial charge in [0.1, 0.15) is 11.3 Å². The highest BCUT2D eigenvalue weighted by Gasteiger charge is 2.32. The molecule has 0 unspecified atom stereocenters. The van der Waals surface area contributed by atoms with Crippen molar-refractivity contribution in [2.24, 2.45) is 5.92 Å². The summed E-state index contributed by atoms with van der Waals surface area (Å²) in [4.78, 5) is 24.9. The molecule has 1 saturated carbocycles. The Kier molecular flexibility index (Phi) is 3.76. The Morgan fingerprint density at radius 3 is 2.44 bits per heavy atom. The lowest BCUT2D eigenvalue weighted by atomic mass is 10.2. The number of hydrogen-bond acceptors (Lipinski definition) is 3. The van der Waals surface area contributed by atoms with Gasteiger partial charge in [0.15, 0.2) is 0 Å². The molecule has 0 aliphatic heterocycles. The normalized spacial score (nSPS) is 13.6. The first kappa shape index (κ1) is 15.4. The van der Waals surface area contributed by atoms with Gasteiger partial charge in [-0.15, -0.1) is 0 Å². The van der Waals surface area contributed by atoms with Gasteiger partial charge in [-0.2, -0.15) is 0 Å². The van der Waals surface area contributed by atoms with Gasteiger partial charge < -0.3 is 15.1 Å². The lowest BCUT2D eigenvalue weighted by Gasteiger charge is -2.07. The first-order valence-corrected chi connectivity index (χ1v) is 8.32. The van der Waals surface area contributed by atoms with Crippen molar-refractivity contribution in [1.82, 2.24) is 0 Å². The maximum absolute atomic E-state index is 12.7. The summed E-state index contributed by atoms with van der Waals surface area (Å²) in [7, 11) is 0. The molecule has 0 radical (unpaired) electrons. The van der Waals surface area contributed by atoms with E-state index in [1.54, 1.807) is 6.07 Å². The highest BCUT2D eigenvalue weighted by molar-refractivity contribution is 6.14. The summed E-state index contributed by atoms with van der Waals surface area (Å²) in [6.07, 6.45) is 1.79. The second kappa shape index (κ2) is 6.09. The Hall–Kier alpha value is -3.08. The number of carbonyl (C=O) groups excluding carboxylic acids is 2. The minimum atomic E-state index is -0.383. The van der Waals surface area contributed by atoms with Crippen LogP contribution in [0.1, 0.15) is 29.0 Å².